The Kier molecular flexibility index (Phi) is 2.83. The predicted octanol–water partition coefficient (Wildman–Crippen LogP) is 2.40. The van der Waals surface area contributed by atoms with Crippen LogP contribution in [0.3, 0.4) is 0 Å². The Labute approximate surface area is 91.5 Å². The van der Waals surface area contributed by atoms with E-state index < -0.39 is 0 Å². The summed E-state index contributed by atoms with van der Waals surface area (Å²) in [6.45, 7) is 7.42. The molecule has 3 heteroatoms. The number of aromatic nitrogens is 2. The molecule has 0 saturated carbocycles. The van der Waals surface area contributed by atoms with E-state index in [9.17, 15) is 0 Å². The molecule has 2 heterocycles. The van der Waals surface area contributed by atoms with Crippen LogP contribution in [0.1, 0.15) is 39.4 Å². The highest BCUT2D eigenvalue weighted by atomic mass is 16.5. The third-order valence-corrected chi connectivity index (χ3v) is 3.07. The van der Waals surface area contributed by atoms with Crippen molar-refractivity contribution in [1.29, 1.82) is 0 Å². The molecule has 84 valence electrons. The van der Waals surface area contributed by atoms with Crippen LogP contribution in [0, 0.1) is 0 Å². The standard InChI is InChI=1S/C12H20N2O/c1-4-11-13-7-8-14(11)9-10-5-6-12(2,3)15-10/h7-8,10H,4-6,9H2,1-3H3. The maximum atomic E-state index is 5.97. The topological polar surface area (TPSA) is 27.1 Å². The van der Waals surface area contributed by atoms with Gasteiger partial charge in [0.25, 0.3) is 0 Å². The second kappa shape index (κ2) is 3.97. The molecule has 0 radical (unpaired) electrons. The summed E-state index contributed by atoms with van der Waals surface area (Å²) in [6, 6.07) is 0. The van der Waals surface area contributed by atoms with Gasteiger partial charge >= 0.3 is 0 Å². The molecular formula is C12H20N2O. The van der Waals surface area contributed by atoms with Gasteiger partial charge in [0.05, 0.1) is 18.2 Å². The normalized spacial score (nSPS) is 24.6. The van der Waals surface area contributed by atoms with E-state index in [4.69, 9.17) is 4.74 Å². The Balaban J connectivity index is 1.98. The van der Waals surface area contributed by atoms with Crippen molar-refractivity contribution >= 4 is 0 Å². The van der Waals surface area contributed by atoms with E-state index in [0.29, 0.717) is 6.10 Å². The lowest BCUT2D eigenvalue weighted by Gasteiger charge is -2.20. The summed E-state index contributed by atoms with van der Waals surface area (Å²) in [4.78, 5) is 4.32. The molecule has 0 N–H and O–H groups in total. The minimum Gasteiger partial charge on any atom is -0.370 e. The highest BCUT2D eigenvalue weighted by molar-refractivity contribution is 4.93. The first kappa shape index (κ1) is 10.7. The van der Waals surface area contributed by atoms with Gasteiger partial charge in [-0.25, -0.2) is 4.98 Å². The van der Waals surface area contributed by atoms with Gasteiger partial charge < -0.3 is 9.30 Å². The maximum absolute atomic E-state index is 5.97. The molecule has 0 aromatic carbocycles. The number of ether oxygens (including phenoxy) is 1. The summed E-state index contributed by atoms with van der Waals surface area (Å²) in [6.07, 6.45) is 7.59. The second-order valence-corrected chi connectivity index (χ2v) is 4.89. The SMILES string of the molecule is CCc1nccn1CC1CCC(C)(C)O1. The molecule has 2 rings (SSSR count). The summed E-state index contributed by atoms with van der Waals surface area (Å²) in [5.41, 5.74) is 0.0671. The van der Waals surface area contributed by atoms with Gasteiger partial charge in [-0.2, -0.15) is 0 Å². The van der Waals surface area contributed by atoms with Crippen molar-refractivity contribution in [3.63, 3.8) is 0 Å². The molecule has 0 spiro atoms. The van der Waals surface area contributed by atoms with Gasteiger partial charge in [-0.1, -0.05) is 6.92 Å². The Bertz CT molecular complexity index is 330. The fourth-order valence-electron chi connectivity index (χ4n) is 2.25. The van der Waals surface area contributed by atoms with Gasteiger partial charge in [-0.3, -0.25) is 0 Å². The molecule has 0 amide bonds. The average Bonchev–Trinajstić information content (AvgIpc) is 2.73. The van der Waals surface area contributed by atoms with E-state index in [1.807, 2.05) is 12.4 Å². The zero-order chi connectivity index (χ0) is 10.9. The number of aryl methyl sites for hydroxylation is 1. The largest absolute Gasteiger partial charge is 0.370 e. The van der Waals surface area contributed by atoms with E-state index in [0.717, 1.165) is 31.6 Å². The van der Waals surface area contributed by atoms with Crippen molar-refractivity contribution in [2.45, 2.75) is 58.3 Å². The summed E-state index contributed by atoms with van der Waals surface area (Å²) in [5, 5.41) is 0. The number of hydrogen-bond donors (Lipinski definition) is 0. The van der Waals surface area contributed by atoms with E-state index in [2.05, 4.69) is 30.3 Å². The molecule has 1 unspecified atom stereocenters. The Morgan fingerprint density at radius 2 is 2.40 bits per heavy atom. The molecule has 1 aromatic rings. The zero-order valence-corrected chi connectivity index (χ0v) is 9.86. The lowest BCUT2D eigenvalue weighted by atomic mass is 10.1. The van der Waals surface area contributed by atoms with Crippen LogP contribution in [0.25, 0.3) is 0 Å². The first-order valence-corrected chi connectivity index (χ1v) is 5.78. The van der Waals surface area contributed by atoms with E-state index >= 15 is 0 Å². The van der Waals surface area contributed by atoms with Gasteiger partial charge in [0.1, 0.15) is 5.82 Å². The molecule has 0 aliphatic carbocycles. The first-order chi connectivity index (χ1) is 7.11. The van der Waals surface area contributed by atoms with E-state index in [-0.39, 0.29) is 5.60 Å². The van der Waals surface area contributed by atoms with Crippen LogP contribution in [-0.2, 0) is 17.7 Å². The van der Waals surface area contributed by atoms with Crippen molar-refractivity contribution < 1.29 is 4.74 Å². The van der Waals surface area contributed by atoms with Crippen LogP contribution in [0.5, 0.6) is 0 Å². The monoisotopic (exact) mass is 208 g/mol. The maximum Gasteiger partial charge on any atom is 0.108 e. The quantitative estimate of drug-likeness (QED) is 0.762. The average molecular weight is 208 g/mol. The minimum absolute atomic E-state index is 0.0671. The molecule has 1 fully saturated rings. The van der Waals surface area contributed by atoms with Crippen LogP contribution in [0.15, 0.2) is 12.4 Å². The number of hydrogen-bond acceptors (Lipinski definition) is 2. The molecule has 0 bridgehead atoms. The third-order valence-electron chi connectivity index (χ3n) is 3.07. The molecule has 3 nitrogen and oxygen atoms in total. The summed E-state index contributed by atoms with van der Waals surface area (Å²) in [7, 11) is 0. The van der Waals surface area contributed by atoms with Crippen LogP contribution in [0.2, 0.25) is 0 Å². The Morgan fingerprint density at radius 1 is 1.60 bits per heavy atom. The number of nitrogens with zero attached hydrogens (tertiary/aromatic N) is 2. The molecule has 1 aromatic heterocycles. The fraction of sp³-hybridized carbons (Fsp3) is 0.750. The lowest BCUT2D eigenvalue weighted by Crippen LogP contribution is -2.23. The molecule has 1 saturated heterocycles. The zero-order valence-electron chi connectivity index (χ0n) is 9.86. The number of imidazole rings is 1. The van der Waals surface area contributed by atoms with Crippen molar-refractivity contribution in [1.82, 2.24) is 9.55 Å². The van der Waals surface area contributed by atoms with Crippen molar-refractivity contribution in [2.75, 3.05) is 0 Å². The molecule has 1 aliphatic rings. The van der Waals surface area contributed by atoms with Gasteiger partial charge in [0.2, 0.25) is 0 Å². The fourth-order valence-corrected chi connectivity index (χ4v) is 2.25. The summed E-state index contributed by atoms with van der Waals surface area (Å²) in [5.74, 6) is 1.16. The smallest absolute Gasteiger partial charge is 0.108 e. The van der Waals surface area contributed by atoms with Crippen LogP contribution < -0.4 is 0 Å². The summed E-state index contributed by atoms with van der Waals surface area (Å²) < 4.78 is 8.19. The van der Waals surface area contributed by atoms with Crippen molar-refractivity contribution in [3.8, 4) is 0 Å². The molecular weight excluding hydrogens is 188 g/mol. The number of rotatable bonds is 3. The van der Waals surface area contributed by atoms with Gasteiger partial charge in [-0.15, -0.1) is 0 Å². The van der Waals surface area contributed by atoms with Gasteiger partial charge in [0.15, 0.2) is 0 Å². The van der Waals surface area contributed by atoms with Gasteiger partial charge in [-0.05, 0) is 26.7 Å². The van der Waals surface area contributed by atoms with Gasteiger partial charge in [0, 0.05) is 18.8 Å². The lowest BCUT2D eigenvalue weighted by molar-refractivity contribution is -0.0219. The Morgan fingerprint density at radius 3 is 3.00 bits per heavy atom. The van der Waals surface area contributed by atoms with Crippen LogP contribution in [0.4, 0.5) is 0 Å². The first-order valence-electron chi connectivity index (χ1n) is 5.78. The highest BCUT2D eigenvalue weighted by Crippen LogP contribution is 2.30. The van der Waals surface area contributed by atoms with Crippen molar-refractivity contribution in [3.05, 3.63) is 18.2 Å². The molecule has 15 heavy (non-hydrogen) atoms. The minimum atomic E-state index is 0.0671. The van der Waals surface area contributed by atoms with Crippen LogP contribution >= 0.6 is 0 Å². The van der Waals surface area contributed by atoms with E-state index in [1.54, 1.807) is 0 Å². The molecule has 1 aliphatic heterocycles. The molecule has 1 atom stereocenters. The van der Waals surface area contributed by atoms with Crippen LogP contribution in [-0.4, -0.2) is 21.3 Å². The highest BCUT2D eigenvalue weighted by Gasteiger charge is 2.31. The third kappa shape index (κ3) is 2.40. The summed E-state index contributed by atoms with van der Waals surface area (Å²) >= 11 is 0. The second-order valence-electron chi connectivity index (χ2n) is 4.89. The Hall–Kier alpha value is -0.830. The predicted molar refractivity (Wildman–Crippen MR) is 59.8 cm³/mol. The van der Waals surface area contributed by atoms with E-state index in [1.165, 1.54) is 0 Å². The van der Waals surface area contributed by atoms with Crippen molar-refractivity contribution in [2.24, 2.45) is 0 Å².